The molecule has 0 saturated carbocycles. The summed E-state index contributed by atoms with van der Waals surface area (Å²) in [4.78, 5) is 19.1. The second-order valence-electron chi connectivity index (χ2n) is 5.20. The molecular formula is C15H20N4O. The number of nitrogens with one attached hydrogen (secondary N) is 3. The molecule has 0 spiro atoms. The van der Waals surface area contributed by atoms with E-state index in [2.05, 4.69) is 32.3 Å². The van der Waals surface area contributed by atoms with E-state index >= 15 is 0 Å². The Balaban J connectivity index is 1.66. The average molecular weight is 272 g/mol. The SMILES string of the molecule is O=c1[nH]cc(-c2cccc(CCN3CCNCC3)c2)[nH]1. The topological polar surface area (TPSA) is 63.9 Å². The Labute approximate surface area is 118 Å². The van der Waals surface area contributed by atoms with E-state index in [1.165, 1.54) is 5.56 Å². The monoisotopic (exact) mass is 272 g/mol. The number of hydrogen-bond donors (Lipinski definition) is 3. The molecule has 0 aliphatic carbocycles. The van der Waals surface area contributed by atoms with Gasteiger partial charge in [-0.05, 0) is 23.6 Å². The summed E-state index contributed by atoms with van der Waals surface area (Å²) in [5.41, 5.74) is 3.05. The summed E-state index contributed by atoms with van der Waals surface area (Å²) >= 11 is 0. The van der Waals surface area contributed by atoms with Gasteiger partial charge in [0.1, 0.15) is 0 Å². The van der Waals surface area contributed by atoms with Gasteiger partial charge >= 0.3 is 5.69 Å². The van der Waals surface area contributed by atoms with E-state index in [0.717, 1.165) is 50.4 Å². The predicted molar refractivity (Wildman–Crippen MR) is 79.9 cm³/mol. The van der Waals surface area contributed by atoms with E-state index in [0.29, 0.717) is 0 Å². The van der Waals surface area contributed by atoms with Crippen LogP contribution >= 0.6 is 0 Å². The van der Waals surface area contributed by atoms with Gasteiger partial charge in [-0.3, -0.25) is 0 Å². The maximum atomic E-state index is 11.2. The molecule has 20 heavy (non-hydrogen) atoms. The molecule has 2 heterocycles. The lowest BCUT2D eigenvalue weighted by Gasteiger charge is -2.27. The van der Waals surface area contributed by atoms with Crippen LogP contribution in [0, 0.1) is 0 Å². The number of nitrogens with zero attached hydrogens (tertiary/aromatic N) is 1. The number of H-pyrrole nitrogens is 2. The van der Waals surface area contributed by atoms with E-state index in [9.17, 15) is 4.79 Å². The molecule has 0 unspecified atom stereocenters. The zero-order valence-corrected chi connectivity index (χ0v) is 11.5. The molecule has 3 rings (SSSR count). The summed E-state index contributed by atoms with van der Waals surface area (Å²) in [5, 5.41) is 3.37. The number of aromatic nitrogens is 2. The molecule has 1 saturated heterocycles. The van der Waals surface area contributed by atoms with Crippen LogP contribution in [0.1, 0.15) is 5.56 Å². The largest absolute Gasteiger partial charge is 0.323 e. The molecule has 0 amide bonds. The lowest BCUT2D eigenvalue weighted by Crippen LogP contribution is -2.44. The highest BCUT2D eigenvalue weighted by Gasteiger charge is 2.09. The van der Waals surface area contributed by atoms with Crippen molar-refractivity contribution in [3.05, 3.63) is 46.5 Å². The van der Waals surface area contributed by atoms with Crippen molar-refractivity contribution >= 4 is 0 Å². The van der Waals surface area contributed by atoms with Gasteiger partial charge < -0.3 is 20.2 Å². The lowest BCUT2D eigenvalue weighted by atomic mass is 10.1. The summed E-state index contributed by atoms with van der Waals surface area (Å²) in [7, 11) is 0. The summed E-state index contributed by atoms with van der Waals surface area (Å²) in [6.07, 6.45) is 2.76. The fourth-order valence-corrected chi connectivity index (χ4v) is 2.60. The minimum Gasteiger partial charge on any atom is -0.314 e. The molecule has 1 aliphatic heterocycles. The molecule has 1 aliphatic rings. The molecule has 5 nitrogen and oxygen atoms in total. The van der Waals surface area contributed by atoms with Gasteiger partial charge in [0.05, 0.1) is 5.69 Å². The smallest absolute Gasteiger partial charge is 0.314 e. The first-order valence-corrected chi connectivity index (χ1v) is 7.11. The van der Waals surface area contributed by atoms with Crippen molar-refractivity contribution in [2.75, 3.05) is 32.7 Å². The molecule has 1 aromatic heterocycles. The number of piperazine rings is 1. The first kappa shape index (κ1) is 13.1. The van der Waals surface area contributed by atoms with Crippen LogP contribution in [-0.2, 0) is 6.42 Å². The number of hydrogen-bond acceptors (Lipinski definition) is 3. The van der Waals surface area contributed by atoms with Crippen LogP contribution in [0.2, 0.25) is 0 Å². The minimum absolute atomic E-state index is 0.161. The van der Waals surface area contributed by atoms with Crippen molar-refractivity contribution in [3.8, 4) is 11.3 Å². The quantitative estimate of drug-likeness (QED) is 0.772. The Hall–Kier alpha value is -1.85. The highest BCUT2D eigenvalue weighted by Crippen LogP contribution is 2.17. The van der Waals surface area contributed by atoms with E-state index in [4.69, 9.17) is 0 Å². The molecule has 1 aromatic carbocycles. The molecule has 2 aromatic rings. The fraction of sp³-hybridized carbons (Fsp3) is 0.400. The van der Waals surface area contributed by atoms with Gasteiger partial charge in [0, 0.05) is 38.9 Å². The molecule has 0 atom stereocenters. The van der Waals surface area contributed by atoms with Crippen molar-refractivity contribution in [1.29, 1.82) is 0 Å². The highest BCUT2D eigenvalue weighted by molar-refractivity contribution is 5.58. The predicted octanol–water partition coefficient (Wildman–Crippen LogP) is 0.818. The standard InChI is InChI=1S/C15H20N4O/c20-15-17-11-14(18-15)13-3-1-2-12(10-13)4-7-19-8-5-16-6-9-19/h1-3,10-11,16H,4-9H2,(H2,17,18,20). The van der Waals surface area contributed by atoms with Crippen molar-refractivity contribution < 1.29 is 0 Å². The van der Waals surface area contributed by atoms with Gasteiger partial charge in [-0.1, -0.05) is 18.2 Å². The van der Waals surface area contributed by atoms with Crippen LogP contribution in [0.25, 0.3) is 11.3 Å². The Morgan fingerprint density at radius 1 is 1.20 bits per heavy atom. The molecule has 106 valence electrons. The molecule has 0 radical (unpaired) electrons. The van der Waals surface area contributed by atoms with Gasteiger partial charge in [-0.2, -0.15) is 0 Å². The van der Waals surface area contributed by atoms with Crippen LogP contribution in [-0.4, -0.2) is 47.6 Å². The molecular weight excluding hydrogens is 252 g/mol. The summed E-state index contributed by atoms with van der Waals surface area (Å²) < 4.78 is 0. The third kappa shape index (κ3) is 3.18. The van der Waals surface area contributed by atoms with Gasteiger partial charge in [-0.25, -0.2) is 4.79 Å². The first-order chi connectivity index (χ1) is 9.81. The van der Waals surface area contributed by atoms with E-state index in [1.54, 1.807) is 6.20 Å². The van der Waals surface area contributed by atoms with Crippen molar-refractivity contribution in [2.45, 2.75) is 6.42 Å². The first-order valence-electron chi connectivity index (χ1n) is 7.11. The van der Waals surface area contributed by atoms with Gasteiger partial charge in [-0.15, -0.1) is 0 Å². The number of rotatable bonds is 4. The third-order valence-corrected chi connectivity index (χ3v) is 3.76. The Kier molecular flexibility index (Phi) is 3.99. The molecule has 5 heteroatoms. The van der Waals surface area contributed by atoms with E-state index in [1.807, 2.05) is 12.1 Å². The van der Waals surface area contributed by atoms with E-state index in [-0.39, 0.29) is 5.69 Å². The molecule has 3 N–H and O–H groups in total. The zero-order valence-electron chi connectivity index (χ0n) is 11.5. The molecule has 0 bridgehead atoms. The Bertz CT molecular complexity index is 610. The maximum Gasteiger partial charge on any atom is 0.323 e. The number of imidazole rings is 1. The number of aromatic amines is 2. The number of benzene rings is 1. The van der Waals surface area contributed by atoms with Crippen LogP contribution in [0.15, 0.2) is 35.3 Å². The second kappa shape index (κ2) is 6.07. The van der Waals surface area contributed by atoms with Crippen LogP contribution in [0.4, 0.5) is 0 Å². The maximum absolute atomic E-state index is 11.2. The molecule has 1 fully saturated rings. The second-order valence-corrected chi connectivity index (χ2v) is 5.20. The summed E-state index contributed by atoms with van der Waals surface area (Å²) in [6.45, 7) is 5.53. The summed E-state index contributed by atoms with van der Waals surface area (Å²) in [6, 6.07) is 8.37. The van der Waals surface area contributed by atoms with Gasteiger partial charge in [0.2, 0.25) is 0 Å². The average Bonchev–Trinajstić information content (AvgIpc) is 2.93. The van der Waals surface area contributed by atoms with Gasteiger partial charge in [0.15, 0.2) is 0 Å². The van der Waals surface area contributed by atoms with E-state index < -0.39 is 0 Å². The Morgan fingerprint density at radius 2 is 2.05 bits per heavy atom. The van der Waals surface area contributed by atoms with Crippen LogP contribution in [0.5, 0.6) is 0 Å². The minimum atomic E-state index is -0.161. The van der Waals surface area contributed by atoms with Crippen molar-refractivity contribution in [2.24, 2.45) is 0 Å². The summed E-state index contributed by atoms with van der Waals surface area (Å²) in [5.74, 6) is 0. The lowest BCUT2D eigenvalue weighted by molar-refractivity contribution is 0.244. The Morgan fingerprint density at radius 3 is 2.80 bits per heavy atom. The third-order valence-electron chi connectivity index (χ3n) is 3.76. The van der Waals surface area contributed by atoms with Crippen molar-refractivity contribution in [3.63, 3.8) is 0 Å². The van der Waals surface area contributed by atoms with Crippen LogP contribution in [0.3, 0.4) is 0 Å². The highest BCUT2D eigenvalue weighted by atomic mass is 16.1. The van der Waals surface area contributed by atoms with Crippen LogP contribution < -0.4 is 11.0 Å². The van der Waals surface area contributed by atoms with Crippen molar-refractivity contribution in [1.82, 2.24) is 20.2 Å². The van der Waals surface area contributed by atoms with Gasteiger partial charge in [0.25, 0.3) is 0 Å². The fourth-order valence-electron chi connectivity index (χ4n) is 2.60. The normalized spacial score (nSPS) is 16.4. The zero-order chi connectivity index (χ0) is 13.8.